The summed E-state index contributed by atoms with van der Waals surface area (Å²) >= 11 is 0. The van der Waals surface area contributed by atoms with E-state index < -0.39 is 5.97 Å². The van der Waals surface area contributed by atoms with Gasteiger partial charge in [0.05, 0.1) is 12.3 Å². The molecule has 10 nitrogen and oxygen atoms in total. The minimum absolute atomic E-state index is 0.0996. The van der Waals surface area contributed by atoms with Crippen LogP contribution in [0.3, 0.4) is 0 Å². The second-order valence-corrected chi connectivity index (χ2v) is 16.3. The summed E-state index contributed by atoms with van der Waals surface area (Å²) in [6.45, 7) is 10.2. The van der Waals surface area contributed by atoms with Gasteiger partial charge in [0.1, 0.15) is 18.4 Å². The van der Waals surface area contributed by atoms with E-state index in [4.69, 9.17) is 14.5 Å². The number of fused-ring (bicyclic) bond motifs is 1. The van der Waals surface area contributed by atoms with Gasteiger partial charge in [0, 0.05) is 45.2 Å². The first kappa shape index (κ1) is 41.3. The average Bonchev–Trinajstić information content (AvgIpc) is 3.69. The number of unbranched alkanes of at least 4 members (excludes halogenated alkanes) is 1. The Labute approximate surface area is 328 Å². The smallest absolute Gasteiger partial charge is 0.325 e. The van der Waals surface area contributed by atoms with Crippen molar-refractivity contribution in [2.45, 2.75) is 111 Å². The van der Waals surface area contributed by atoms with Crippen molar-refractivity contribution in [1.29, 1.82) is 0 Å². The monoisotopic (exact) mass is 751 g/mol. The third-order valence-electron chi connectivity index (χ3n) is 10.8. The highest BCUT2D eigenvalue weighted by Crippen LogP contribution is 2.31. The van der Waals surface area contributed by atoms with Crippen LogP contribution in [0.5, 0.6) is 5.75 Å². The van der Waals surface area contributed by atoms with Gasteiger partial charge in [-0.1, -0.05) is 120 Å². The molecular weight excluding hydrogens is 691 g/mol. The molecule has 1 saturated carbocycles. The van der Waals surface area contributed by atoms with Crippen LogP contribution in [0, 0.1) is 11.3 Å². The molecule has 5 rings (SSSR count). The van der Waals surface area contributed by atoms with Crippen molar-refractivity contribution in [3.8, 4) is 5.75 Å². The van der Waals surface area contributed by atoms with E-state index in [1.165, 1.54) is 38.5 Å². The largest absolute Gasteiger partial charge is 0.494 e. The third kappa shape index (κ3) is 13.1. The van der Waals surface area contributed by atoms with Crippen LogP contribution in [0.4, 0.5) is 10.5 Å². The number of carbonyl (C=O) groups excluding carboxylic acids is 3. The van der Waals surface area contributed by atoms with E-state index in [0.29, 0.717) is 50.5 Å². The number of nitrogens with zero attached hydrogens (tertiary/aromatic N) is 4. The van der Waals surface area contributed by atoms with Crippen molar-refractivity contribution < 1.29 is 23.9 Å². The Morgan fingerprint density at radius 2 is 1.56 bits per heavy atom. The molecule has 55 heavy (non-hydrogen) atoms. The average molecular weight is 752 g/mol. The number of carbonyl (C=O) groups is 3. The molecule has 3 aromatic rings. The Hall–Kier alpha value is -4.86. The fourth-order valence-corrected chi connectivity index (χ4v) is 6.95. The van der Waals surface area contributed by atoms with Crippen LogP contribution < -0.4 is 10.1 Å². The molecule has 3 amide bonds. The maximum atomic E-state index is 14.0. The quantitative estimate of drug-likeness (QED) is 0.109. The van der Waals surface area contributed by atoms with Crippen molar-refractivity contribution in [1.82, 2.24) is 20.0 Å². The number of nitrogens with one attached hydrogen (secondary N) is 1. The van der Waals surface area contributed by atoms with E-state index in [1.807, 2.05) is 119 Å². The van der Waals surface area contributed by atoms with Gasteiger partial charge in [0.15, 0.2) is 0 Å². The van der Waals surface area contributed by atoms with Crippen molar-refractivity contribution >= 4 is 29.6 Å². The minimum Gasteiger partial charge on any atom is -0.494 e. The van der Waals surface area contributed by atoms with Gasteiger partial charge in [0.25, 0.3) is 0 Å². The standard InChI is InChI=1S/C45H61N5O5/c1-34(45(2,3)4)55-42(52)33-49-32-38-29-39(54-28-16-24-41(51)48(5)27-15-14-19-35-17-12-13-18-35)25-26-40(38)46-43(49)47-44(53)50(30-36-20-8-6-9-21-36)31-37-22-10-7-11-23-37/h6-11,20-23,25-26,29,34-35H,12-19,24,27-28,30-33H2,1-5H3,(H,46,47,53). The van der Waals surface area contributed by atoms with Crippen LogP contribution in [0.1, 0.15) is 102 Å². The summed E-state index contributed by atoms with van der Waals surface area (Å²) in [6.07, 6.45) is 9.78. The molecule has 3 aromatic carbocycles. The second-order valence-electron chi connectivity index (χ2n) is 16.3. The van der Waals surface area contributed by atoms with Crippen LogP contribution in [0.2, 0.25) is 0 Å². The molecular formula is C45H61N5O5. The molecule has 0 spiro atoms. The maximum Gasteiger partial charge on any atom is 0.325 e. The fourth-order valence-electron chi connectivity index (χ4n) is 6.95. The Balaban J connectivity index is 1.23. The van der Waals surface area contributed by atoms with Gasteiger partial charge in [-0.3, -0.25) is 14.9 Å². The van der Waals surface area contributed by atoms with Crippen LogP contribution in [-0.2, 0) is 34.0 Å². The van der Waals surface area contributed by atoms with Crippen LogP contribution >= 0.6 is 0 Å². The molecule has 10 heteroatoms. The highest BCUT2D eigenvalue weighted by molar-refractivity contribution is 5.99. The summed E-state index contributed by atoms with van der Waals surface area (Å²) in [7, 11) is 1.90. The Bertz CT molecular complexity index is 1680. The van der Waals surface area contributed by atoms with Gasteiger partial charge < -0.3 is 24.2 Å². The first-order valence-electron chi connectivity index (χ1n) is 20.1. The number of hydrogen-bond acceptors (Lipinski definition) is 7. The molecule has 0 saturated heterocycles. The SMILES string of the molecule is CC(OC(=O)CN1Cc2cc(OCCCC(=O)N(C)CCCCC3CCCC3)ccc2N=C1NC(=O)N(Cc1ccccc1)Cc1ccccc1)C(C)(C)C. The summed E-state index contributed by atoms with van der Waals surface area (Å²) in [5.74, 6) is 1.57. The number of benzene rings is 3. The predicted octanol–water partition coefficient (Wildman–Crippen LogP) is 8.86. The molecule has 1 heterocycles. The van der Waals surface area contributed by atoms with E-state index in [1.54, 1.807) is 9.80 Å². The zero-order valence-electron chi connectivity index (χ0n) is 33.6. The fraction of sp³-hybridized carbons (Fsp3) is 0.511. The summed E-state index contributed by atoms with van der Waals surface area (Å²) < 4.78 is 11.9. The van der Waals surface area contributed by atoms with Gasteiger partial charge in [0.2, 0.25) is 11.9 Å². The van der Waals surface area contributed by atoms with Crippen molar-refractivity contribution in [3.05, 3.63) is 95.6 Å². The molecule has 1 aliphatic heterocycles. The molecule has 1 aliphatic carbocycles. The number of rotatable bonds is 17. The number of aliphatic imine (C=N–C) groups is 1. The number of esters is 1. The molecule has 0 bridgehead atoms. The maximum absolute atomic E-state index is 14.0. The van der Waals surface area contributed by atoms with E-state index in [-0.39, 0.29) is 36.0 Å². The summed E-state index contributed by atoms with van der Waals surface area (Å²) in [4.78, 5) is 50.3. The Morgan fingerprint density at radius 1 is 0.909 bits per heavy atom. The third-order valence-corrected chi connectivity index (χ3v) is 10.8. The van der Waals surface area contributed by atoms with Crippen molar-refractivity contribution in [3.63, 3.8) is 0 Å². The molecule has 296 valence electrons. The lowest BCUT2D eigenvalue weighted by molar-refractivity contribution is -0.153. The topological polar surface area (TPSA) is 104 Å². The van der Waals surface area contributed by atoms with Gasteiger partial charge in [-0.05, 0) is 60.4 Å². The van der Waals surface area contributed by atoms with Crippen LogP contribution in [0.15, 0.2) is 83.9 Å². The second kappa shape index (κ2) is 20.2. The van der Waals surface area contributed by atoms with Gasteiger partial charge in [-0.25, -0.2) is 9.79 Å². The first-order chi connectivity index (χ1) is 26.4. The minimum atomic E-state index is -0.408. The zero-order chi connectivity index (χ0) is 39.2. The molecule has 1 N–H and O–H groups in total. The molecule has 1 fully saturated rings. The number of amides is 3. The van der Waals surface area contributed by atoms with Crippen LogP contribution in [-0.4, -0.2) is 71.4 Å². The molecule has 1 unspecified atom stereocenters. The Morgan fingerprint density at radius 3 is 2.20 bits per heavy atom. The van der Waals surface area contributed by atoms with E-state index in [9.17, 15) is 14.4 Å². The van der Waals surface area contributed by atoms with Gasteiger partial charge in [-0.15, -0.1) is 0 Å². The zero-order valence-corrected chi connectivity index (χ0v) is 33.6. The number of urea groups is 1. The lowest BCUT2D eigenvalue weighted by Crippen LogP contribution is -2.51. The lowest BCUT2D eigenvalue weighted by atomic mass is 9.90. The summed E-state index contributed by atoms with van der Waals surface area (Å²) in [5.41, 5.74) is 3.29. The molecule has 2 aliphatic rings. The first-order valence-corrected chi connectivity index (χ1v) is 20.1. The Kier molecular flexibility index (Phi) is 15.1. The summed E-state index contributed by atoms with van der Waals surface area (Å²) in [5, 5.41) is 3.03. The van der Waals surface area contributed by atoms with Crippen molar-refractivity contribution in [2.75, 3.05) is 26.7 Å². The normalized spacial score (nSPS) is 14.8. The van der Waals surface area contributed by atoms with Gasteiger partial charge >= 0.3 is 12.0 Å². The van der Waals surface area contributed by atoms with E-state index >= 15 is 0 Å². The lowest BCUT2D eigenvalue weighted by Gasteiger charge is -2.33. The molecule has 0 radical (unpaired) electrons. The van der Waals surface area contributed by atoms with Crippen LogP contribution in [0.25, 0.3) is 0 Å². The van der Waals surface area contributed by atoms with E-state index in [0.717, 1.165) is 35.6 Å². The number of guanidine groups is 1. The van der Waals surface area contributed by atoms with Gasteiger partial charge in [-0.2, -0.15) is 0 Å². The van der Waals surface area contributed by atoms with Crippen molar-refractivity contribution in [2.24, 2.45) is 16.3 Å². The highest BCUT2D eigenvalue weighted by atomic mass is 16.5. The molecule has 0 aromatic heterocycles. The predicted molar refractivity (Wildman–Crippen MR) is 218 cm³/mol. The van der Waals surface area contributed by atoms with E-state index in [2.05, 4.69) is 5.32 Å². The highest BCUT2D eigenvalue weighted by Gasteiger charge is 2.29. The number of hydrogen-bond donors (Lipinski definition) is 1. The molecule has 1 atom stereocenters. The number of ether oxygens (including phenoxy) is 2. The summed E-state index contributed by atoms with van der Waals surface area (Å²) in [6, 6.07) is 25.0.